The molecule has 12 heavy (non-hydrogen) atoms. The van der Waals surface area contributed by atoms with Gasteiger partial charge in [-0.15, -0.1) is 24.8 Å². The third-order valence-corrected chi connectivity index (χ3v) is 2.57. The zero-order valence-corrected chi connectivity index (χ0v) is 8.30. The fraction of sp³-hybridized carbons (Fsp3) is 0.600. The van der Waals surface area contributed by atoms with Crippen LogP contribution in [-0.2, 0) is 0 Å². The molecule has 0 aliphatic rings. The first kappa shape index (κ1) is 11.7. The zero-order valence-electron chi connectivity index (χ0n) is 7.54. The van der Waals surface area contributed by atoms with Gasteiger partial charge in [0.1, 0.15) is 0 Å². The Kier molecular flexibility index (Phi) is 6.13. The van der Waals surface area contributed by atoms with Crippen molar-refractivity contribution in [2.75, 3.05) is 0 Å². The molecule has 2 atom stereocenters. The normalized spacial score (nSPS) is 15.7. The average Bonchev–Trinajstić information content (AvgIpc) is 2.03. The van der Waals surface area contributed by atoms with Gasteiger partial charge in [-0.1, -0.05) is 12.2 Å². The molecule has 0 aromatic rings. The quantitative estimate of drug-likeness (QED) is 0.502. The van der Waals surface area contributed by atoms with E-state index in [9.17, 15) is 5.11 Å². The minimum absolute atomic E-state index is 0.207. The second kappa shape index (κ2) is 6.27. The van der Waals surface area contributed by atoms with Gasteiger partial charge in [-0.25, -0.2) is 0 Å². The summed E-state index contributed by atoms with van der Waals surface area (Å²) in [5.74, 6) is 0.252. The first-order chi connectivity index (χ1) is 5.63. The summed E-state index contributed by atoms with van der Waals surface area (Å²) in [6.45, 7) is 9.00. The van der Waals surface area contributed by atoms with E-state index >= 15 is 0 Å². The fourth-order valence-electron chi connectivity index (χ4n) is 1.18. The summed E-state index contributed by atoms with van der Waals surface area (Å²) in [5.41, 5.74) is 0. The Morgan fingerprint density at radius 2 is 1.75 bits per heavy atom. The van der Waals surface area contributed by atoms with Crippen LogP contribution in [0.5, 0.6) is 0 Å². The second-order valence-corrected chi connectivity index (χ2v) is 3.50. The Morgan fingerprint density at radius 3 is 2.00 bits per heavy atom. The van der Waals surface area contributed by atoms with Crippen LogP contribution in [0.4, 0.5) is 0 Å². The molecule has 2 heteroatoms. The van der Waals surface area contributed by atoms with Crippen LogP contribution in [0, 0.1) is 5.92 Å². The number of allylic oxidation sites excluding steroid dienone is 2. The number of hydrogen-bond donors (Lipinski definition) is 1. The van der Waals surface area contributed by atoms with Crippen LogP contribution < -0.4 is 0 Å². The van der Waals surface area contributed by atoms with Crippen molar-refractivity contribution in [3.63, 3.8) is 0 Å². The highest BCUT2D eigenvalue weighted by atomic mass is 35.5. The highest BCUT2D eigenvalue weighted by molar-refractivity contribution is 6.21. The van der Waals surface area contributed by atoms with E-state index in [1.165, 1.54) is 0 Å². The van der Waals surface area contributed by atoms with Crippen molar-refractivity contribution in [2.45, 2.75) is 31.2 Å². The molecule has 0 amide bonds. The summed E-state index contributed by atoms with van der Waals surface area (Å²) in [6.07, 6.45) is 4.82. The largest absolute Gasteiger partial charge is 0.392 e. The Hall–Kier alpha value is -0.270. The maximum atomic E-state index is 9.24. The molecule has 1 N–H and O–H groups in total. The van der Waals surface area contributed by atoms with E-state index in [0.717, 1.165) is 12.8 Å². The molecule has 0 aliphatic heterocycles. The molecule has 0 saturated heterocycles. The van der Waals surface area contributed by atoms with Crippen molar-refractivity contribution in [2.24, 2.45) is 5.92 Å². The number of rotatable bonds is 6. The van der Waals surface area contributed by atoms with Gasteiger partial charge in [0, 0.05) is 0 Å². The lowest BCUT2D eigenvalue weighted by molar-refractivity contribution is 0.166. The molecular formula is C10H17ClO. The van der Waals surface area contributed by atoms with E-state index in [4.69, 9.17) is 11.6 Å². The van der Waals surface area contributed by atoms with Gasteiger partial charge in [-0.2, -0.15) is 0 Å². The lowest BCUT2D eigenvalue weighted by atomic mass is 9.94. The lowest BCUT2D eigenvalue weighted by Crippen LogP contribution is -2.25. The average molecular weight is 189 g/mol. The maximum Gasteiger partial charge on any atom is 0.0678 e. The molecule has 0 saturated carbocycles. The van der Waals surface area contributed by atoms with Gasteiger partial charge >= 0.3 is 0 Å². The van der Waals surface area contributed by atoms with Gasteiger partial charge in [0.15, 0.2) is 0 Å². The molecule has 1 nitrogen and oxygen atoms in total. The van der Waals surface area contributed by atoms with Crippen LogP contribution in [0.25, 0.3) is 0 Å². The van der Waals surface area contributed by atoms with Crippen LogP contribution in [0.3, 0.4) is 0 Å². The Morgan fingerprint density at radius 1 is 1.33 bits per heavy atom. The minimum atomic E-state index is -0.475. The van der Waals surface area contributed by atoms with Gasteiger partial charge < -0.3 is 5.11 Å². The zero-order chi connectivity index (χ0) is 9.56. The van der Waals surface area contributed by atoms with Gasteiger partial charge in [-0.3, -0.25) is 0 Å². The van der Waals surface area contributed by atoms with Crippen LogP contribution in [0.2, 0.25) is 0 Å². The number of halogens is 1. The van der Waals surface area contributed by atoms with Crippen molar-refractivity contribution in [3.8, 4) is 0 Å². The summed E-state index contributed by atoms with van der Waals surface area (Å²) in [4.78, 5) is 0. The SMILES string of the molecule is C=CCC(CC=C)C(Cl)C(C)O. The van der Waals surface area contributed by atoms with Crippen molar-refractivity contribution >= 4 is 11.6 Å². The summed E-state index contributed by atoms with van der Waals surface area (Å²) >= 11 is 5.99. The molecular weight excluding hydrogens is 172 g/mol. The lowest BCUT2D eigenvalue weighted by Gasteiger charge is -2.21. The van der Waals surface area contributed by atoms with E-state index in [0.29, 0.717) is 0 Å². The van der Waals surface area contributed by atoms with Crippen molar-refractivity contribution in [1.82, 2.24) is 0 Å². The molecule has 70 valence electrons. The van der Waals surface area contributed by atoms with Crippen LogP contribution >= 0.6 is 11.6 Å². The molecule has 2 unspecified atom stereocenters. The van der Waals surface area contributed by atoms with Crippen molar-refractivity contribution in [1.29, 1.82) is 0 Å². The van der Waals surface area contributed by atoms with Crippen molar-refractivity contribution < 1.29 is 5.11 Å². The predicted octanol–water partition coefficient (Wildman–Crippen LogP) is 2.74. The molecule has 0 aromatic carbocycles. The van der Waals surface area contributed by atoms with Gasteiger partial charge in [-0.05, 0) is 25.7 Å². The van der Waals surface area contributed by atoms with E-state index in [-0.39, 0.29) is 11.3 Å². The molecule has 0 radical (unpaired) electrons. The number of hydrogen-bond acceptors (Lipinski definition) is 1. The Labute approximate surface area is 79.7 Å². The number of aliphatic hydroxyl groups is 1. The topological polar surface area (TPSA) is 20.2 Å². The van der Waals surface area contributed by atoms with Gasteiger partial charge in [0.2, 0.25) is 0 Å². The summed E-state index contributed by atoms with van der Waals surface area (Å²) < 4.78 is 0. The number of alkyl halides is 1. The van der Waals surface area contributed by atoms with Crippen molar-refractivity contribution in [3.05, 3.63) is 25.3 Å². The first-order valence-electron chi connectivity index (χ1n) is 4.17. The third kappa shape index (κ3) is 3.93. The van der Waals surface area contributed by atoms with Gasteiger partial charge in [0.25, 0.3) is 0 Å². The maximum absolute atomic E-state index is 9.24. The second-order valence-electron chi connectivity index (χ2n) is 2.99. The fourth-order valence-corrected chi connectivity index (χ4v) is 1.38. The van der Waals surface area contributed by atoms with E-state index in [1.54, 1.807) is 6.92 Å². The van der Waals surface area contributed by atoms with Crippen LogP contribution in [-0.4, -0.2) is 16.6 Å². The smallest absolute Gasteiger partial charge is 0.0678 e. The highest BCUT2D eigenvalue weighted by Gasteiger charge is 2.20. The third-order valence-electron chi connectivity index (χ3n) is 1.85. The molecule has 0 rings (SSSR count). The molecule has 0 fully saturated rings. The molecule has 0 bridgehead atoms. The molecule has 0 aromatic heterocycles. The summed E-state index contributed by atoms with van der Waals surface area (Å²) in [7, 11) is 0. The predicted molar refractivity (Wildman–Crippen MR) is 54.4 cm³/mol. The summed E-state index contributed by atoms with van der Waals surface area (Å²) in [6, 6.07) is 0. The monoisotopic (exact) mass is 188 g/mol. The van der Waals surface area contributed by atoms with E-state index < -0.39 is 6.10 Å². The summed E-state index contributed by atoms with van der Waals surface area (Å²) in [5, 5.41) is 9.04. The van der Waals surface area contributed by atoms with E-state index in [1.807, 2.05) is 12.2 Å². The molecule has 0 spiro atoms. The van der Waals surface area contributed by atoms with Crippen LogP contribution in [0.15, 0.2) is 25.3 Å². The molecule has 0 heterocycles. The molecule has 0 aliphatic carbocycles. The Bertz CT molecular complexity index is 133. The van der Waals surface area contributed by atoms with E-state index in [2.05, 4.69) is 13.2 Å². The minimum Gasteiger partial charge on any atom is -0.392 e. The standard InChI is InChI=1S/C10H17ClO/c1-4-6-9(7-5-2)10(11)8(3)12/h4-5,8-10,12H,1-2,6-7H2,3H3. The van der Waals surface area contributed by atoms with Crippen LogP contribution in [0.1, 0.15) is 19.8 Å². The number of aliphatic hydroxyl groups excluding tert-OH is 1. The van der Waals surface area contributed by atoms with Gasteiger partial charge in [0.05, 0.1) is 11.5 Å². The highest BCUT2D eigenvalue weighted by Crippen LogP contribution is 2.22. The Balaban J connectivity index is 4.06. The first-order valence-corrected chi connectivity index (χ1v) is 4.61.